The fourth-order valence-corrected chi connectivity index (χ4v) is 2.33. The number of amidine groups is 1. The number of H-pyrrole nitrogens is 1. The van der Waals surface area contributed by atoms with Crippen molar-refractivity contribution in [2.24, 2.45) is 10.9 Å². The number of fused-ring (bicyclic) bond motifs is 1. The maximum Gasteiger partial charge on any atom is 0.201 e. The molecule has 0 amide bonds. The minimum Gasteiger partial charge on any atom is -0.409 e. The molecule has 1 aromatic carbocycles. The molecule has 0 radical (unpaired) electrons. The van der Waals surface area contributed by atoms with Crippen LogP contribution in [0, 0.1) is 0 Å². The molecule has 19 heavy (non-hydrogen) atoms. The molecule has 1 aliphatic heterocycles. The van der Waals surface area contributed by atoms with Crippen molar-refractivity contribution in [1.82, 2.24) is 15.3 Å². The van der Waals surface area contributed by atoms with Gasteiger partial charge < -0.3 is 26.6 Å². The molecule has 6 N–H and O–H groups in total. The maximum absolute atomic E-state index is 8.79. The van der Waals surface area contributed by atoms with Gasteiger partial charge in [-0.1, -0.05) is 11.2 Å². The first-order chi connectivity index (χ1) is 9.28. The number of hydrogen-bond donors (Lipinski definition) is 5. The van der Waals surface area contributed by atoms with Crippen molar-refractivity contribution in [2.45, 2.75) is 12.5 Å². The molecule has 1 atom stereocenters. The van der Waals surface area contributed by atoms with E-state index in [1.54, 1.807) is 6.07 Å². The zero-order valence-corrected chi connectivity index (χ0v) is 10.3. The number of imidazole rings is 1. The van der Waals surface area contributed by atoms with E-state index in [-0.39, 0.29) is 5.84 Å². The third-order valence-electron chi connectivity index (χ3n) is 3.30. The minimum absolute atomic E-state index is 0.0613. The predicted octanol–water partition coefficient (Wildman–Crippen LogP) is 0.431. The van der Waals surface area contributed by atoms with Crippen LogP contribution in [0.5, 0.6) is 0 Å². The van der Waals surface area contributed by atoms with Crippen LogP contribution < -0.4 is 16.4 Å². The normalized spacial score (nSPS) is 20.0. The number of oxime groups is 1. The van der Waals surface area contributed by atoms with Gasteiger partial charge in [0.1, 0.15) is 5.52 Å². The molecule has 1 fully saturated rings. The number of rotatable bonds is 3. The van der Waals surface area contributed by atoms with Crippen LogP contribution in [0.4, 0.5) is 5.95 Å². The first-order valence-electron chi connectivity index (χ1n) is 6.22. The molecule has 1 unspecified atom stereocenters. The van der Waals surface area contributed by atoms with Crippen LogP contribution in [0.1, 0.15) is 12.0 Å². The number of aromatic nitrogens is 2. The molecule has 0 saturated carbocycles. The highest BCUT2D eigenvalue weighted by Gasteiger charge is 2.16. The maximum atomic E-state index is 8.79. The third kappa shape index (κ3) is 2.19. The van der Waals surface area contributed by atoms with Gasteiger partial charge in [-0.2, -0.15) is 0 Å². The van der Waals surface area contributed by atoms with Crippen LogP contribution in [-0.4, -0.2) is 40.1 Å². The highest BCUT2D eigenvalue weighted by atomic mass is 16.4. The summed E-state index contributed by atoms with van der Waals surface area (Å²) in [7, 11) is 0. The van der Waals surface area contributed by atoms with Gasteiger partial charge in [0.05, 0.1) is 5.52 Å². The number of anilines is 1. The monoisotopic (exact) mass is 260 g/mol. The second-order valence-corrected chi connectivity index (χ2v) is 4.61. The van der Waals surface area contributed by atoms with Gasteiger partial charge >= 0.3 is 0 Å². The average molecular weight is 260 g/mol. The van der Waals surface area contributed by atoms with Crippen molar-refractivity contribution < 1.29 is 5.21 Å². The van der Waals surface area contributed by atoms with Gasteiger partial charge in [-0.05, 0) is 25.1 Å². The number of nitrogens with one attached hydrogen (secondary N) is 3. The summed E-state index contributed by atoms with van der Waals surface area (Å²) in [5.74, 6) is 0.771. The second-order valence-electron chi connectivity index (χ2n) is 4.61. The molecule has 3 rings (SSSR count). The van der Waals surface area contributed by atoms with Gasteiger partial charge in [0.25, 0.3) is 0 Å². The van der Waals surface area contributed by atoms with Gasteiger partial charge in [-0.15, -0.1) is 0 Å². The van der Waals surface area contributed by atoms with Gasteiger partial charge in [0.15, 0.2) is 5.84 Å². The van der Waals surface area contributed by atoms with Crippen LogP contribution in [0.3, 0.4) is 0 Å². The lowest BCUT2D eigenvalue weighted by molar-refractivity contribution is 0.318. The molecule has 0 aliphatic carbocycles. The second kappa shape index (κ2) is 4.77. The van der Waals surface area contributed by atoms with E-state index in [1.807, 2.05) is 12.1 Å². The number of para-hydroxylation sites is 1. The Morgan fingerprint density at radius 1 is 1.53 bits per heavy atom. The smallest absolute Gasteiger partial charge is 0.201 e. The van der Waals surface area contributed by atoms with Gasteiger partial charge in [-0.3, -0.25) is 0 Å². The average Bonchev–Trinajstić information content (AvgIpc) is 3.06. The lowest BCUT2D eigenvalue weighted by Crippen LogP contribution is -2.22. The third-order valence-corrected chi connectivity index (χ3v) is 3.30. The summed E-state index contributed by atoms with van der Waals surface area (Å²) in [5.41, 5.74) is 7.83. The first kappa shape index (κ1) is 11.8. The van der Waals surface area contributed by atoms with E-state index in [2.05, 4.69) is 25.8 Å². The van der Waals surface area contributed by atoms with Crippen LogP contribution in [-0.2, 0) is 0 Å². The summed E-state index contributed by atoms with van der Waals surface area (Å²) < 4.78 is 0. The van der Waals surface area contributed by atoms with E-state index < -0.39 is 0 Å². The molecule has 2 heterocycles. The topological polar surface area (TPSA) is 111 Å². The van der Waals surface area contributed by atoms with Crippen molar-refractivity contribution >= 4 is 22.8 Å². The Kier molecular flexibility index (Phi) is 2.96. The number of nitrogens with two attached hydrogens (primary N) is 1. The highest BCUT2D eigenvalue weighted by Crippen LogP contribution is 2.19. The summed E-state index contributed by atoms with van der Waals surface area (Å²) in [6.07, 6.45) is 1.07. The number of aromatic amines is 1. The fraction of sp³-hybridized carbons (Fsp3) is 0.333. The quantitative estimate of drug-likeness (QED) is 0.238. The van der Waals surface area contributed by atoms with E-state index >= 15 is 0 Å². The molecule has 7 nitrogen and oxygen atoms in total. The Bertz CT molecular complexity index is 614. The highest BCUT2D eigenvalue weighted by molar-refractivity contribution is 6.07. The zero-order valence-electron chi connectivity index (χ0n) is 10.3. The summed E-state index contributed by atoms with van der Waals surface area (Å²) in [5, 5.41) is 18.4. The molecule has 100 valence electrons. The lowest BCUT2D eigenvalue weighted by atomic mass is 10.2. The first-order valence-corrected chi connectivity index (χ1v) is 6.22. The zero-order chi connectivity index (χ0) is 13.2. The molecule has 2 aromatic rings. The summed E-state index contributed by atoms with van der Waals surface area (Å²) in [6.45, 7) is 1.96. The van der Waals surface area contributed by atoms with E-state index in [9.17, 15) is 0 Å². The standard InChI is InChI=1S/C12H16N6O/c13-11(18-19)8-2-1-3-9-10(8)17-12(16-9)15-7-4-5-14-6-7/h1-3,7,14,19H,4-6H2,(H2,13,18)(H2,15,16,17). The number of nitrogens with zero attached hydrogens (tertiary/aromatic N) is 2. The van der Waals surface area contributed by atoms with Gasteiger partial charge in [0, 0.05) is 18.2 Å². The van der Waals surface area contributed by atoms with Crippen molar-refractivity contribution in [2.75, 3.05) is 18.4 Å². The summed E-state index contributed by atoms with van der Waals surface area (Å²) >= 11 is 0. The Morgan fingerprint density at radius 2 is 2.42 bits per heavy atom. The molecule has 0 bridgehead atoms. The lowest BCUT2D eigenvalue weighted by Gasteiger charge is -2.08. The summed E-state index contributed by atoms with van der Waals surface area (Å²) in [4.78, 5) is 7.68. The van der Waals surface area contributed by atoms with Gasteiger partial charge in [0.2, 0.25) is 5.95 Å². The van der Waals surface area contributed by atoms with Crippen LogP contribution in [0.2, 0.25) is 0 Å². The van der Waals surface area contributed by atoms with E-state index in [0.29, 0.717) is 23.1 Å². The van der Waals surface area contributed by atoms with E-state index in [4.69, 9.17) is 10.9 Å². The fourth-order valence-electron chi connectivity index (χ4n) is 2.33. The SMILES string of the molecule is NC(=NO)c1cccc2[nH]c(NC3CCNC3)nc12. The number of benzene rings is 1. The Labute approximate surface area is 109 Å². The van der Waals surface area contributed by atoms with Crippen molar-refractivity contribution in [1.29, 1.82) is 0 Å². The molecule has 1 aliphatic rings. The molecular formula is C12H16N6O. The number of hydrogen-bond acceptors (Lipinski definition) is 5. The Balaban J connectivity index is 1.95. The van der Waals surface area contributed by atoms with Crippen LogP contribution in [0.25, 0.3) is 11.0 Å². The van der Waals surface area contributed by atoms with Gasteiger partial charge in [-0.25, -0.2) is 4.98 Å². The molecule has 1 aromatic heterocycles. The Morgan fingerprint density at radius 3 is 3.16 bits per heavy atom. The molecule has 7 heteroatoms. The van der Waals surface area contributed by atoms with Crippen LogP contribution >= 0.6 is 0 Å². The van der Waals surface area contributed by atoms with Crippen molar-refractivity contribution in [3.05, 3.63) is 23.8 Å². The van der Waals surface area contributed by atoms with Crippen molar-refractivity contribution in [3.63, 3.8) is 0 Å². The Hall–Kier alpha value is -2.28. The van der Waals surface area contributed by atoms with E-state index in [1.165, 1.54) is 0 Å². The molecular weight excluding hydrogens is 244 g/mol. The molecule has 0 spiro atoms. The molecule has 1 saturated heterocycles. The van der Waals surface area contributed by atoms with E-state index in [0.717, 1.165) is 25.0 Å². The minimum atomic E-state index is 0.0613. The predicted molar refractivity (Wildman–Crippen MR) is 73.5 cm³/mol. The summed E-state index contributed by atoms with van der Waals surface area (Å²) in [6, 6.07) is 5.91. The van der Waals surface area contributed by atoms with Crippen molar-refractivity contribution in [3.8, 4) is 0 Å². The largest absolute Gasteiger partial charge is 0.409 e. The van der Waals surface area contributed by atoms with Crippen LogP contribution in [0.15, 0.2) is 23.4 Å².